The Kier molecular flexibility index (Phi) is 6.23. The molecule has 0 unspecified atom stereocenters. The normalized spacial score (nSPS) is 15.2. The van der Waals surface area contributed by atoms with Gasteiger partial charge in [0.05, 0.1) is 5.56 Å². The van der Waals surface area contributed by atoms with Crippen LogP contribution in [0.4, 0.5) is 13.2 Å². The Morgan fingerprint density at radius 1 is 1.11 bits per heavy atom. The number of rotatable bonds is 5. The Balaban J connectivity index is 1.61. The Labute approximate surface area is 160 Å². The monoisotopic (exact) mass is 398 g/mol. The van der Waals surface area contributed by atoms with Gasteiger partial charge in [-0.25, -0.2) is 4.39 Å². The maximum Gasteiger partial charge on any atom is 0.387 e. The van der Waals surface area contributed by atoms with E-state index in [0.29, 0.717) is 37.7 Å². The van der Waals surface area contributed by atoms with Crippen LogP contribution in [0.15, 0.2) is 42.5 Å². The standard InChI is InChI=1S/C19H18ClF3N2O2/c20-16-11-14(21)6-5-13(16)12-24-7-9-25(10-8-24)18(26)15-3-1-2-4-17(15)27-19(22)23/h1-6,11,19H,7-10,12H2. The van der Waals surface area contributed by atoms with Crippen molar-refractivity contribution >= 4 is 17.5 Å². The van der Waals surface area contributed by atoms with E-state index < -0.39 is 6.61 Å². The number of piperazine rings is 1. The molecule has 2 aromatic rings. The molecule has 1 heterocycles. The maximum absolute atomic E-state index is 13.1. The fourth-order valence-corrected chi connectivity index (χ4v) is 3.24. The van der Waals surface area contributed by atoms with E-state index in [9.17, 15) is 18.0 Å². The summed E-state index contributed by atoms with van der Waals surface area (Å²) in [7, 11) is 0. The fraction of sp³-hybridized carbons (Fsp3) is 0.316. The topological polar surface area (TPSA) is 32.8 Å². The number of para-hydroxylation sites is 1. The summed E-state index contributed by atoms with van der Waals surface area (Å²) in [6, 6.07) is 10.3. The van der Waals surface area contributed by atoms with Crippen LogP contribution >= 0.6 is 11.6 Å². The van der Waals surface area contributed by atoms with Crippen molar-refractivity contribution in [2.24, 2.45) is 0 Å². The molecule has 27 heavy (non-hydrogen) atoms. The van der Waals surface area contributed by atoms with E-state index >= 15 is 0 Å². The van der Waals surface area contributed by atoms with Gasteiger partial charge in [-0.15, -0.1) is 0 Å². The lowest BCUT2D eigenvalue weighted by Crippen LogP contribution is -2.48. The lowest BCUT2D eigenvalue weighted by atomic mass is 10.1. The minimum atomic E-state index is -2.99. The molecule has 8 heteroatoms. The molecule has 0 aliphatic carbocycles. The zero-order valence-electron chi connectivity index (χ0n) is 14.4. The van der Waals surface area contributed by atoms with Crippen LogP contribution in [0, 0.1) is 5.82 Å². The summed E-state index contributed by atoms with van der Waals surface area (Å²) >= 11 is 6.06. The Morgan fingerprint density at radius 2 is 1.81 bits per heavy atom. The van der Waals surface area contributed by atoms with Crippen molar-refractivity contribution in [2.75, 3.05) is 26.2 Å². The first-order chi connectivity index (χ1) is 12.9. The maximum atomic E-state index is 13.1. The van der Waals surface area contributed by atoms with Gasteiger partial charge in [0.2, 0.25) is 0 Å². The first kappa shape index (κ1) is 19.5. The van der Waals surface area contributed by atoms with Gasteiger partial charge in [0.25, 0.3) is 5.91 Å². The number of ether oxygens (including phenoxy) is 1. The second-order valence-corrected chi connectivity index (χ2v) is 6.59. The van der Waals surface area contributed by atoms with Crippen LogP contribution in [0.5, 0.6) is 5.75 Å². The number of hydrogen-bond acceptors (Lipinski definition) is 3. The number of alkyl halides is 2. The van der Waals surface area contributed by atoms with E-state index in [-0.39, 0.29) is 23.0 Å². The molecule has 144 valence electrons. The second kappa shape index (κ2) is 8.63. The Bertz CT molecular complexity index is 811. The smallest absolute Gasteiger partial charge is 0.387 e. The Hall–Kier alpha value is -2.25. The minimum absolute atomic E-state index is 0.118. The summed E-state index contributed by atoms with van der Waals surface area (Å²) in [5.41, 5.74) is 0.932. The van der Waals surface area contributed by atoms with E-state index in [2.05, 4.69) is 9.64 Å². The van der Waals surface area contributed by atoms with E-state index in [1.165, 1.54) is 24.3 Å². The number of hydrogen-bond donors (Lipinski definition) is 0. The summed E-state index contributed by atoms with van der Waals surface area (Å²) in [5.74, 6) is -0.854. The van der Waals surface area contributed by atoms with Gasteiger partial charge in [-0.1, -0.05) is 29.8 Å². The first-order valence-electron chi connectivity index (χ1n) is 8.43. The van der Waals surface area contributed by atoms with Crippen molar-refractivity contribution in [3.63, 3.8) is 0 Å². The number of benzene rings is 2. The third kappa shape index (κ3) is 4.93. The van der Waals surface area contributed by atoms with Gasteiger partial charge in [-0.2, -0.15) is 8.78 Å². The average Bonchev–Trinajstić information content (AvgIpc) is 2.64. The van der Waals surface area contributed by atoms with Crippen LogP contribution in [0.2, 0.25) is 5.02 Å². The fourth-order valence-electron chi connectivity index (χ4n) is 3.01. The molecule has 0 N–H and O–H groups in total. The SMILES string of the molecule is O=C(c1ccccc1OC(F)F)N1CCN(Cc2ccc(F)cc2Cl)CC1. The molecule has 4 nitrogen and oxygen atoms in total. The predicted molar refractivity (Wildman–Crippen MR) is 95.7 cm³/mol. The molecule has 1 saturated heterocycles. The van der Waals surface area contributed by atoms with Gasteiger partial charge in [-0.05, 0) is 29.8 Å². The summed E-state index contributed by atoms with van der Waals surface area (Å²) in [6.45, 7) is -0.362. The van der Waals surface area contributed by atoms with Gasteiger partial charge in [0.15, 0.2) is 0 Å². The molecule has 1 aliphatic rings. The van der Waals surface area contributed by atoms with Gasteiger partial charge < -0.3 is 9.64 Å². The summed E-state index contributed by atoms with van der Waals surface area (Å²) in [4.78, 5) is 16.4. The lowest BCUT2D eigenvalue weighted by Gasteiger charge is -2.35. The first-order valence-corrected chi connectivity index (χ1v) is 8.81. The van der Waals surface area contributed by atoms with Crippen molar-refractivity contribution in [3.05, 3.63) is 64.4 Å². The van der Waals surface area contributed by atoms with Crippen LogP contribution < -0.4 is 4.74 Å². The molecule has 0 aromatic heterocycles. The van der Waals surface area contributed by atoms with Crippen LogP contribution in [0.25, 0.3) is 0 Å². The van der Waals surface area contributed by atoms with E-state index in [0.717, 1.165) is 5.56 Å². The van der Waals surface area contributed by atoms with Crippen LogP contribution in [0.1, 0.15) is 15.9 Å². The van der Waals surface area contributed by atoms with E-state index in [4.69, 9.17) is 11.6 Å². The van der Waals surface area contributed by atoms with Crippen LogP contribution in [0.3, 0.4) is 0 Å². The highest BCUT2D eigenvalue weighted by Gasteiger charge is 2.25. The third-order valence-electron chi connectivity index (χ3n) is 4.40. The highest BCUT2D eigenvalue weighted by atomic mass is 35.5. The van der Waals surface area contributed by atoms with Crippen LogP contribution in [-0.2, 0) is 6.54 Å². The largest absolute Gasteiger partial charge is 0.434 e. The minimum Gasteiger partial charge on any atom is -0.434 e. The zero-order chi connectivity index (χ0) is 19.4. The Morgan fingerprint density at radius 3 is 2.48 bits per heavy atom. The number of halogens is 4. The summed E-state index contributed by atoms with van der Waals surface area (Å²) in [5, 5.41) is 0.367. The van der Waals surface area contributed by atoms with E-state index in [1.54, 1.807) is 23.1 Å². The number of nitrogens with zero attached hydrogens (tertiary/aromatic N) is 2. The number of amides is 1. The van der Waals surface area contributed by atoms with Gasteiger partial charge >= 0.3 is 6.61 Å². The van der Waals surface area contributed by atoms with Crippen molar-refractivity contribution in [3.8, 4) is 5.75 Å². The molecular formula is C19H18ClF3N2O2. The lowest BCUT2D eigenvalue weighted by molar-refractivity contribution is -0.0503. The molecule has 0 radical (unpaired) electrons. The van der Waals surface area contributed by atoms with Gasteiger partial charge in [0, 0.05) is 37.7 Å². The molecule has 1 amide bonds. The molecule has 0 bridgehead atoms. The van der Waals surface area contributed by atoms with Crippen molar-refractivity contribution in [1.82, 2.24) is 9.80 Å². The van der Waals surface area contributed by atoms with Gasteiger partial charge in [-0.3, -0.25) is 9.69 Å². The zero-order valence-corrected chi connectivity index (χ0v) is 15.1. The molecule has 3 rings (SSSR count). The molecule has 1 aliphatic heterocycles. The third-order valence-corrected chi connectivity index (χ3v) is 4.75. The van der Waals surface area contributed by atoms with Crippen molar-refractivity contribution in [1.29, 1.82) is 0 Å². The predicted octanol–water partition coefficient (Wildman–Crippen LogP) is 4.04. The number of carbonyl (C=O) groups is 1. The van der Waals surface area contributed by atoms with Gasteiger partial charge in [0.1, 0.15) is 11.6 Å². The summed E-state index contributed by atoms with van der Waals surface area (Å²) < 4.78 is 42.7. The average molecular weight is 399 g/mol. The highest BCUT2D eigenvalue weighted by molar-refractivity contribution is 6.31. The summed E-state index contributed by atoms with van der Waals surface area (Å²) in [6.07, 6.45) is 0. The molecule has 1 fully saturated rings. The molecule has 0 atom stereocenters. The van der Waals surface area contributed by atoms with Crippen molar-refractivity contribution in [2.45, 2.75) is 13.2 Å². The quantitative estimate of drug-likeness (QED) is 0.762. The molecule has 2 aromatic carbocycles. The highest BCUT2D eigenvalue weighted by Crippen LogP contribution is 2.23. The second-order valence-electron chi connectivity index (χ2n) is 6.18. The number of carbonyl (C=O) groups excluding carboxylic acids is 1. The molecular weight excluding hydrogens is 381 g/mol. The van der Waals surface area contributed by atoms with Crippen LogP contribution in [-0.4, -0.2) is 48.5 Å². The molecule has 0 saturated carbocycles. The molecule has 0 spiro atoms. The van der Waals surface area contributed by atoms with Crippen molar-refractivity contribution < 1.29 is 22.7 Å². The van der Waals surface area contributed by atoms with E-state index in [1.807, 2.05) is 0 Å².